The van der Waals surface area contributed by atoms with Gasteiger partial charge in [0.25, 0.3) is 10.0 Å². The van der Waals surface area contributed by atoms with Gasteiger partial charge in [0.05, 0.1) is 17.7 Å². The summed E-state index contributed by atoms with van der Waals surface area (Å²) in [6.07, 6.45) is 5.20. The van der Waals surface area contributed by atoms with Crippen LogP contribution in [-0.2, 0) is 14.8 Å². The summed E-state index contributed by atoms with van der Waals surface area (Å²) in [5.74, 6) is 2.62. The van der Waals surface area contributed by atoms with Gasteiger partial charge in [0, 0.05) is 19.0 Å². The Labute approximate surface area is 203 Å². The van der Waals surface area contributed by atoms with E-state index in [-0.39, 0.29) is 29.8 Å². The highest BCUT2D eigenvalue weighted by Gasteiger charge is 2.42. The van der Waals surface area contributed by atoms with Crippen LogP contribution in [0.3, 0.4) is 0 Å². The Morgan fingerprint density at radius 2 is 1.82 bits per heavy atom. The van der Waals surface area contributed by atoms with E-state index in [0.29, 0.717) is 17.4 Å². The van der Waals surface area contributed by atoms with Crippen LogP contribution in [0.4, 0.5) is 5.69 Å². The number of ether oxygens (including phenoxy) is 1. The van der Waals surface area contributed by atoms with E-state index in [0.717, 1.165) is 23.0 Å². The minimum atomic E-state index is -3.85. The molecule has 2 aromatic carbocycles. The van der Waals surface area contributed by atoms with Crippen molar-refractivity contribution in [3.63, 3.8) is 0 Å². The Bertz CT molecular complexity index is 1130. The Morgan fingerprint density at radius 1 is 1.09 bits per heavy atom. The summed E-state index contributed by atoms with van der Waals surface area (Å²) >= 11 is 0. The molecular weight excluding hydrogens is 448 g/mol. The standard InChI is InChI=1S/C27H36N2O4S/c1-18-5-12-25(15-19(18)2)34(31,32)29(23-8-10-24(33-4)11-9-23)14-13-27(30)28-20(3)26-17-21-6-7-22(26)16-21/h5,8-12,15,20-22,26H,6-7,13-14,16-17H2,1-4H3,(H,28,30). The first kappa shape index (κ1) is 24.6. The van der Waals surface area contributed by atoms with Crippen LogP contribution >= 0.6 is 0 Å². The lowest BCUT2D eigenvalue weighted by Gasteiger charge is -2.29. The first-order valence-electron chi connectivity index (χ1n) is 12.2. The van der Waals surface area contributed by atoms with E-state index in [9.17, 15) is 13.2 Å². The van der Waals surface area contributed by atoms with Crippen LogP contribution in [0.5, 0.6) is 5.75 Å². The maximum Gasteiger partial charge on any atom is 0.264 e. The quantitative estimate of drug-likeness (QED) is 0.553. The van der Waals surface area contributed by atoms with E-state index < -0.39 is 10.0 Å². The zero-order valence-corrected chi connectivity index (χ0v) is 21.4. The van der Waals surface area contributed by atoms with Crippen LogP contribution in [0.15, 0.2) is 47.4 Å². The molecule has 0 spiro atoms. The Balaban J connectivity index is 1.50. The lowest BCUT2D eigenvalue weighted by molar-refractivity contribution is -0.121. The molecule has 1 N–H and O–H groups in total. The Hall–Kier alpha value is -2.54. The molecule has 2 fully saturated rings. The van der Waals surface area contributed by atoms with Gasteiger partial charge in [0.1, 0.15) is 5.75 Å². The second-order valence-corrected chi connectivity index (χ2v) is 11.8. The molecule has 2 aliphatic carbocycles. The third kappa shape index (κ3) is 5.09. The van der Waals surface area contributed by atoms with Gasteiger partial charge in [-0.15, -0.1) is 0 Å². The number of fused-ring (bicyclic) bond motifs is 2. The summed E-state index contributed by atoms with van der Waals surface area (Å²) in [7, 11) is -2.28. The summed E-state index contributed by atoms with van der Waals surface area (Å²) in [6.45, 7) is 6.01. The molecule has 2 bridgehead atoms. The van der Waals surface area contributed by atoms with E-state index in [2.05, 4.69) is 12.2 Å². The molecule has 2 aliphatic rings. The SMILES string of the molecule is COc1ccc(N(CCC(=O)NC(C)C2CC3CCC2C3)S(=O)(=O)c2ccc(C)c(C)c2)cc1. The molecule has 0 aliphatic heterocycles. The average Bonchev–Trinajstić information content (AvgIpc) is 3.45. The number of sulfonamides is 1. The Morgan fingerprint density at radius 3 is 2.41 bits per heavy atom. The van der Waals surface area contributed by atoms with Gasteiger partial charge < -0.3 is 10.1 Å². The Kier molecular flexibility index (Phi) is 7.22. The fourth-order valence-electron chi connectivity index (χ4n) is 5.68. The largest absolute Gasteiger partial charge is 0.497 e. The van der Waals surface area contributed by atoms with Crippen molar-refractivity contribution in [2.75, 3.05) is 18.0 Å². The monoisotopic (exact) mass is 484 g/mol. The van der Waals surface area contributed by atoms with Crippen molar-refractivity contribution in [2.45, 2.75) is 63.8 Å². The van der Waals surface area contributed by atoms with Gasteiger partial charge in [-0.25, -0.2) is 8.42 Å². The summed E-state index contributed by atoms with van der Waals surface area (Å²) in [4.78, 5) is 13.1. The zero-order chi connectivity index (χ0) is 24.5. The average molecular weight is 485 g/mol. The molecule has 0 radical (unpaired) electrons. The van der Waals surface area contributed by atoms with Crippen LogP contribution < -0.4 is 14.4 Å². The van der Waals surface area contributed by atoms with Crippen LogP contribution in [0, 0.1) is 31.6 Å². The molecule has 1 amide bonds. The van der Waals surface area contributed by atoms with E-state index in [1.165, 1.54) is 30.0 Å². The summed E-state index contributed by atoms with van der Waals surface area (Å²) in [5, 5.41) is 3.16. The first-order valence-corrected chi connectivity index (χ1v) is 13.7. The molecular formula is C27H36N2O4S. The maximum absolute atomic E-state index is 13.6. The van der Waals surface area contributed by atoms with E-state index in [1.54, 1.807) is 43.5 Å². The molecule has 7 heteroatoms. The fourth-order valence-corrected chi connectivity index (χ4v) is 7.23. The van der Waals surface area contributed by atoms with E-state index >= 15 is 0 Å². The molecule has 6 nitrogen and oxygen atoms in total. The number of anilines is 1. The number of carbonyl (C=O) groups is 1. The lowest BCUT2D eigenvalue weighted by atomic mass is 9.84. The number of benzene rings is 2. The number of methoxy groups -OCH3 is 1. The highest BCUT2D eigenvalue weighted by Crippen LogP contribution is 2.49. The number of rotatable bonds is 9. The van der Waals surface area contributed by atoms with E-state index in [4.69, 9.17) is 4.74 Å². The number of aryl methyl sites for hydroxylation is 2. The predicted molar refractivity (Wildman–Crippen MR) is 135 cm³/mol. The maximum atomic E-state index is 13.6. The molecule has 34 heavy (non-hydrogen) atoms. The number of amides is 1. The third-order valence-electron chi connectivity index (χ3n) is 7.79. The molecule has 2 saturated carbocycles. The molecule has 2 aromatic rings. The van der Waals surface area contributed by atoms with Crippen molar-refractivity contribution >= 4 is 21.6 Å². The van der Waals surface area contributed by atoms with Crippen molar-refractivity contribution in [2.24, 2.45) is 17.8 Å². The molecule has 0 saturated heterocycles. The summed E-state index contributed by atoms with van der Waals surface area (Å²) in [6, 6.07) is 12.2. The zero-order valence-electron chi connectivity index (χ0n) is 20.6. The van der Waals surface area contributed by atoms with Crippen molar-refractivity contribution in [3.05, 3.63) is 53.6 Å². The summed E-state index contributed by atoms with van der Waals surface area (Å²) in [5.41, 5.74) is 2.45. The molecule has 0 aromatic heterocycles. The predicted octanol–water partition coefficient (Wildman–Crippen LogP) is 4.84. The van der Waals surface area contributed by atoms with Crippen molar-refractivity contribution in [1.29, 1.82) is 0 Å². The van der Waals surface area contributed by atoms with Crippen molar-refractivity contribution in [3.8, 4) is 5.75 Å². The summed E-state index contributed by atoms with van der Waals surface area (Å²) < 4.78 is 33.8. The van der Waals surface area contributed by atoms with Crippen molar-refractivity contribution in [1.82, 2.24) is 5.32 Å². The van der Waals surface area contributed by atoms with Crippen molar-refractivity contribution < 1.29 is 17.9 Å². The fraction of sp³-hybridized carbons (Fsp3) is 0.519. The first-order chi connectivity index (χ1) is 16.2. The van der Waals surface area contributed by atoms with Crippen LogP contribution in [0.1, 0.15) is 50.2 Å². The topological polar surface area (TPSA) is 75.7 Å². The highest BCUT2D eigenvalue weighted by atomic mass is 32.2. The molecule has 0 heterocycles. The second-order valence-electron chi connectivity index (χ2n) is 9.97. The third-order valence-corrected chi connectivity index (χ3v) is 9.62. The number of hydrogen-bond acceptors (Lipinski definition) is 4. The minimum Gasteiger partial charge on any atom is -0.497 e. The van der Waals surface area contributed by atoms with Gasteiger partial charge in [-0.05, 0) is 105 Å². The van der Waals surface area contributed by atoms with Gasteiger partial charge in [-0.1, -0.05) is 12.5 Å². The van der Waals surface area contributed by atoms with Gasteiger partial charge in [0.2, 0.25) is 5.91 Å². The van der Waals surface area contributed by atoms with Crippen LogP contribution in [-0.4, -0.2) is 34.0 Å². The van der Waals surface area contributed by atoms with Crippen LogP contribution in [0.25, 0.3) is 0 Å². The van der Waals surface area contributed by atoms with Gasteiger partial charge in [0.15, 0.2) is 0 Å². The molecule has 4 rings (SSSR count). The van der Waals surface area contributed by atoms with Crippen LogP contribution in [0.2, 0.25) is 0 Å². The minimum absolute atomic E-state index is 0.0663. The number of nitrogens with one attached hydrogen (secondary N) is 1. The van der Waals surface area contributed by atoms with E-state index in [1.807, 2.05) is 19.9 Å². The number of carbonyl (C=O) groups excluding carboxylic acids is 1. The van der Waals surface area contributed by atoms with Gasteiger partial charge in [-0.3, -0.25) is 9.10 Å². The molecule has 184 valence electrons. The van der Waals surface area contributed by atoms with Gasteiger partial charge in [-0.2, -0.15) is 0 Å². The highest BCUT2D eigenvalue weighted by molar-refractivity contribution is 7.92. The molecule has 4 unspecified atom stereocenters. The lowest BCUT2D eigenvalue weighted by Crippen LogP contribution is -2.42. The smallest absolute Gasteiger partial charge is 0.264 e. The second kappa shape index (κ2) is 9.98. The number of nitrogens with zero attached hydrogens (tertiary/aromatic N) is 1. The van der Waals surface area contributed by atoms with Gasteiger partial charge >= 0.3 is 0 Å². The molecule has 4 atom stereocenters. The normalized spacial score (nSPS) is 22.4. The number of hydrogen-bond donors (Lipinski definition) is 1.